The lowest BCUT2D eigenvalue weighted by molar-refractivity contribution is -0.129. The number of likely N-dealkylation sites (tertiary alicyclic amines) is 1. The number of benzene rings is 2. The number of carbonyl (C=O) groups is 3. The molecule has 2 amide bonds. The Labute approximate surface area is 209 Å². The summed E-state index contributed by atoms with van der Waals surface area (Å²) in [5.41, 5.74) is 1.20. The number of Topliss-reactive ketones (excluding diaryl/α,β-unsaturated/α-hetero) is 1. The van der Waals surface area contributed by atoms with E-state index in [1.54, 1.807) is 6.92 Å². The first kappa shape index (κ1) is 26.9. The summed E-state index contributed by atoms with van der Waals surface area (Å²) < 4.78 is 0. The van der Waals surface area contributed by atoms with Crippen molar-refractivity contribution in [3.8, 4) is 0 Å². The third-order valence-electron chi connectivity index (χ3n) is 6.85. The number of hydrogen-bond donors (Lipinski definition) is 2. The molecule has 0 aromatic heterocycles. The number of amides is 2. The highest BCUT2D eigenvalue weighted by Gasteiger charge is 2.21. The number of hydrogen-bond acceptors (Lipinski definition) is 4. The van der Waals surface area contributed by atoms with Gasteiger partial charge in [0.05, 0.1) is 0 Å². The first-order valence-electron chi connectivity index (χ1n) is 13.3. The van der Waals surface area contributed by atoms with Gasteiger partial charge in [-0.05, 0) is 68.5 Å². The Morgan fingerprint density at radius 2 is 1.69 bits per heavy atom. The van der Waals surface area contributed by atoms with E-state index in [0.29, 0.717) is 25.8 Å². The van der Waals surface area contributed by atoms with Crippen LogP contribution in [0.1, 0.15) is 70.3 Å². The summed E-state index contributed by atoms with van der Waals surface area (Å²) in [5, 5.41) is 8.44. The van der Waals surface area contributed by atoms with Crippen molar-refractivity contribution in [3.63, 3.8) is 0 Å². The molecule has 1 aliphatic rings. The lowest BCUT2D eigenvalue weighted by Gasteiger charge is -2.26. The van der Waals surface area contributed by atoms with Crippen molar-refractivity contribution in [2.24, 2.45) is 0 Å². The van der Waals surface area contributed by atoms with Crippen LogP contribution in [0.15, 0.2) is 42.5 Å². The van der Waals surface area contributed by atoms with Gasteiger partial charge in [0, 0.05) is 25.9 Å². The predicted octanol–water partition coefficient (Wildman–Crippen LogP) is 4.40. The van der Waals surface area contributed by atoms with E-state index in [1.807, 2.05) is 18.2 Å². The Kier molecular flexibility index (Phi) is 11.2. The fourth-order valence-corrected chi connectivity index (χ4v) is 4.83. The quantitative estimate of drug-likeness (QED) is 0.394. The molecule has 2 aromatic carbocycles. The van der Waals surface area contributed by atoms with E-state index in [0.717, 1.165) is 45.3 Å². The highest BCUT2D eigenvalue weighted by molar-refractivity contribution is 5.88. The van der Waals surface area contributed by atoms with E-state index in [9.17, 15) is 14.4 Å². The molecule has 1 aliphatic heterocycles. The predicted molar refractivity (Wildman–Crippen MR) is 141 cm³/mol. The minimum absolute atomic E-state index is 0.0616. The van der Waals surface area contributed by atoms with Gasteiger partial charge < -0.3 is 20.3 Å². The van der Waals surface area contributed by atoms with E-state index in [1.165, 1.54) is 35.6 Å². The van der Waals surface area contributed by atoms with E-state index in [-0.39, 0.29) is 17.6 Å². The molecule has 0 aliphatic carbocycles. The van der Waals surface area contributed by atoms with E-state index in [2.05, 4.69) is 39.8 Å². The number of nitrogens with one attached hydrogen (secondary N) is 2. The summed E-state index contributed by atoms with van der Waals surface area (Å²) in [7, 11) is 0. The number of ketones is 1. The maximum atomic E-state index is 13.0. The lowest BCUT2D eigenvalue weighted by atomic mass is 10.0. The van der Waals surface area contributed by atoms with Gasteiger partial charge in [-0.1, -0.05) is 61.7 Å². The molecule has 0 saturated carbocycles. The van der Waals surface area contributed by atoms with Crippen LogP contribution in [0, 0.1) is 0 Å². The monoisotopic (exact) mass is 479 g/mol. The van der Waals surface area contributed by atoms with Gasteiger partial charge in [-0.3, -0.25) is 9.59 Å². The van der Waals surface area contributed by atoms with Crippen molar-refractivity contribution in [3.05, 3.63) is 48.0 Å². The standard InChI is InChI=1S/C29H41N3O3/c1-23(33)11-4-2-5-16-27(31-28(34)18-22-32-20-8-3-9-21-32)29(35)30-19-17-25-14-10-13-24-12-6-7-15-26(24)25/h6-7,10,12-15,27H,2-5,8-9,11,16-22H2,1H3,(H,30,35)(H,31,34). The van der Waals surface area contributed by atoms with Crippen LogP contribution in [0.4, 0.5) is 0 Å². The van der Waals surface area contributed by atoms with Crippen molar-refractivity contribution in [2.45, 2.75) is 77.2 Å². The molecule has 35 heavy (non-hydrogen) atoms. The first-order valence-corrected chi connectivity index (χ1v) is 13.3. The maximum Gasteiger partial charge on any atom is 0.242 e. The molecular formula is C29H41N3O3. The third kappa shape index (κ3) is 9.44. The fraction of sp³-hybridized carbons (Fsp3) is 0.552. The molecule has 1 fully saturated rings. The molecule has 190 valence electrons. The lowest BCUT2D eigenvalue weighted by Crippen LogP contribution is -2.47. The summed E-state index contributed by atoms with van der Waals surface area (Å²) in [4.78, 5) is 39.2. The fourth-order valence-electron chi connectivity index (χ4n) is 4.83. The van der Waals surface area contributed by atoms with Crippen LogP contribution in [0.2, 0.25) is 0 Å². The Bertz CT molecular complexity index is 963. The normalized spacial score (nSPS) is 15.0. The molecule has 1 heterocycles. The molecule has 0 radical (unpaired) electrons. The van der Waals surface area contributed by atoms with Crippen molar-refractivity contribution in [2.75, 3.05) is 26.2 Å². The van der Waals surface area contributed by atoms with Gasteiger partial charge in [0.15, 0.2) is 0 Å². The van der Waals surface area contributed by atoms with Crippen LogP contribution in [0.5, 0.6) is 0 Å². The molecule has 1 atom stereocenters. The summed E-state index contributed by atoms with van der Waals surface area (Å²) in [6.45, 7) is 5.00. The van der Waals surface area contributed by atoms with Crippen LogP contribution in [0.3, 0.4) is 0 Å². The highest BCUT2D eigenvalue weighted by atomic mass is 16.2. The summed E-state index contributed by atoms with van der Waals surface area (Å²) >= 11 is 0. The number of nitrogens with zero attached hydrogens (tertiary/aromatic N) is 1. The van der Waals surface area contributed by atoms with E-state index >= 15 is 0 Å². The van der Waals surface area contributed by atoms with Crippen molar-refractivity contribution >= 4 is 28.4 Å². The van der Waals surface area contributed by atoms with Crippen LogP contribution >= 0.6 is 0 Å². The second-order valence-electron chi connectivity index (χ2n) is 9.75. The first-order chi connectivity index (χ1) is 17.0. The molecule has 2 aromatic rings. The molecule has 1 saturated heterocycles. The highest BCUT2D eigenvalue weighted by Crippen LogP contribution is 2.18. The average molecular weight is 480 g/mol. The zero-order valence-corrected chi connectivity index (χ0v) is 21.2. The summed E-state index contributed by atoms with van der Waals surface area (Å²) in [6.07, 6.45) is 8.50. The van der Waals surface area contributed by atoms with Crippen LogP contribution < -0.4 is 10.6 Å². The van der Waals surface area contributed by atoms with Crippen molar-refractivity contribution < 1.29 is 14.4 Å². The van der Waals surface area contributed by atoms with Gasteiger partial charge in [0.2, 0.25) is 11.8 Å². The maximum absolute atomic E-state index is 13.0. The molecule has 2 N–H and O–H groups in total. The largest absolute Gasteiger partial charge is 0.354 e. The number of piperidine rings is 1. The molecule has 3 rings (SSSR count). The Morgan fingerprint density at radius 3 is 2.49 bits per heavy atom. The number of rotatable bonds is 14. The number of carbonyl (C=O) groups excluding carboxylic acids is 3. The molecule has 0 spiro atoms. The topological polar surface area (TPSA) is 78.5 Å². The van der Waals surface area contributed by atoms with Crippen LogP contribution in [-0.4, -0.2) is 54.7 Å². The molecule has 6 heteroatoms. The Hall–Kier alpha value is -2.73. The zero-order chi connectivity index (χ0) is 24.9. The van der Waals surface area contributed by atoms with Gasteiger partial charge in [0.1, 0.15) is 11.8 Å². The second-order valence-corrected chi connectivity index (χ2v) is 9.75. The third-order valence-corrected chi connectivity index (χ3v) is 6.85. The molecule has 1 unspecified atom stereocenters. The molecule has 6 nitrogen and oxygen atoms in total. The average Bonchev–Trinajstić information content (AvgIpc) is 2.87. The van der Waals surface area contributed by atoms with Gasteiger partial charge >= 0.3 is 0 Å². The summed E-state index contributed by atoms with van der Waals surface area (Å²) in [5.74, 6) is 0.00962. The smallest absolute Gasteiger partial charge is 0.242 e. The van der Waals surface area contributed by atoms with Gasteiger partial charge in [-0.25, -0.2) is 0 Å². The van der Waals surface area contributed by atoms with Gasteiger partial charge in [-0.2, -0.15) is 0 Å². The minimum Gasteiger partial charge on any atom is -0.354 e. The number of fused-ring (bicyclic) bond motifs is 1. The van der Waals surface area contributed by atoms with Crippen molar-refractivity contribution in [1.82, 2.24) is 15.5 Å². The van der Waals surface area contributed by atoms with Crippen molar-refractivity contribution in [1.29, 1.82) is 0 Å². The Balaban J connectivity index is 1.50. The van der Waals surface area contributed by atoms with Gasteiger partial charge in [0.25, 0.3) is 0 Å². The van der Waals surface area contributed by atoms with E-state index in [4.69, 9.17) is 0 Å². The molecular weight excluding hydrogens is 438 g/mol. The summed E-state index contributed by atoms with van der Waals surface area (Å²) in [6, 6.07) is 14.0. The SMILES string of the molecule is CC(=O)CCCCCC(NC(=O)CCN1CCCCC1)C(=O)NCCc1cccc2ccccc12. The number of unbranched alkanes of at least 4 members (excludes halogenated alkanes) is 2. The van der Waals surface area contributed by atoms with Gasteiger partial charge in [-0.15, -0.1) is 0 Å². The second kappa shape index (κ2) is 14.6. The van der Waals surface area contributed by atoms with Crippen LogP contribution in [-0.2, 0) is 20.8 Å². The van der Waals surface area contributed by atoms with E-state index < -0.39 is 6.04 Å². The zero-order valence-electron chi connectivity index (χ0n) is 21.2. The van der Waals surface area contributed by atoms with Crippen LogP contribution in [0.25, 0.3) is 10.8 Å². The minimum atomic E-state index is -0.534. The molecule has 0 bridgehead atoms. The Morgan fingerprint density at radius 1 is 0.914 bits per heavy atom.